The van der Waals surface area contributed by atoms with Crippen LogP contribution in [0.2, 0.25) is 0 Å². The Bertz CT molecular complexity index is 410. The number of benzene rings is 1. The van der Waals surface area contributed by atoms with Gasteiger partial charge in [0, 0.05) is 26.8 Å². The molecule has 0 fully saturated rings. The minimum absolute atomic E-state index is 0.276. The maximum absolute atomic E-state index is 12.6. The van der Waals surface area contributed by atoms with Gasteiger partial charge in [-0.3, -0.25) is 0 Å². The van der Waals surface area contributed by atoms with Crippen molar-refractivity contribution in [2.75, 3.05) is 33.9 Å². The zero-order chi connectivity index (χ0) is 15.2. The van der Waals surface area contributed by atoms with Gasteiger partial charge in [0.1, 0.15) is 0 Å². The van der Waals surface area contributed by atoms with Crippen molar-refractivity contribution in [1.29, 1.82) is 0 Å². The van der Waals surface area contributed by atoms with Crippen molar-refractivity contribution in [3.63, 3.8) is 0 Å². The van der Waals surface area contributed by atoms with Crippen molar-refractivity contribution >= 4 is 0 Å². The van der Waals surface area contributed by atoms with E-state index in [1.807, 2.05) is 11.9 Å². The Morgan fingerprint density at radius 2 is 2.05 bits per heavy atom. The number of methoxy groups -OCH3 is 1. The Hall–Kier alpha value is -1.11. The van der Waals surface area contributed by atoms with Crippen molar-refractivity contribution < 1.29 is 23.0 Å². The Balaban J connectivity index is 2.61. The molecule has 1 aromatic carbocycles. The summed E-state index contributed by atoms with van der Waals surface area (Å²) < 4.78 is 42.7. The van der Waals surface area contributed by atoms with Crippen LogP contribution in [0.4, 0.5) is 13.2 Å². The number of hydrogen-bond acceptors (Lipinski definition) is 3. The van der Waals surface area contributed by atoms with E-state index in [0.717, 1.165) is 18.6 Å². The lowest BCUT2D eigenvalue weighted by atomic mass is 10.1. The van der Waals surface area contributed by atoms with Crippen molar-refractivity contribution in [3.05, 3.63) is 35.4 Å². The molecule has 0 aliphatic carbocycles. The SMILES string of the molecule is COCCCN(C)C[C@@H](O)c1cccc(C(F)(F)F)c1. The molecular weight excluding hydrogens is 271 g/mol. The van der Waals surface area contributed by atoms with E-state index in [-0.39, 0.29) is 12.1 Å². The third-order valence-corrected chi connectivity index (χ3v) is 2.97. The zero-order valence-electron chi connectivity index (χ0n) is 11.7. The Labute approximate surface area is 117 Å². The van der Waals surface area contributed by atoms with Gasteiger partial charge < -0.3 is 14.7 Å². The quantitative estimate of drug-likeness (QED) is 0.784. The van der Waals surface area contributed by atoms with Gasteiger partial charge in [-0.2, -0.15) is 13.2 Å². The number of aliphatic hydroxyl groups is 1. The lowest BCUT2D eigenvalue weighted by molar-refractivity contribution is -0.137. The highest BCUT2D eigenvalue weighted by Gasteiger charge is 2.30. The molecule has 0 radical (unpaired) electrons. The molecule has 0 aliphatic heterocycles. The molecule has 0 unspecified atom stereocenters. The Morgan fingerprint density at radius 3 is 2.65 bits per heavy atom. The first-order valence-electron chi connectivity index (χ1n) is 6.37. The van der Waals surface area contributed by atoms with E-state index in [4.69, 9.17) is 4.74 Å². The Kier molecular flexibility index (Phi) is 6.45. The molecule has 0 saturated heterocycles. The van der Waals surface area contributed by atoms with E-state index in [9.17, 15) is 18.3 Å². The third-order valence-electron chi connectivity index (χ3n) is 2.97. The van der Waals surface area contributed by atoms with Crippen molar-refractivity contribution in [1.82, 2.24) is 4.90 Å². The third kappa shape index (κ3) is 5.48. The fourth-order valence-corrected chi connectivity index (χ4v) is 1.89. The van der Waals surface area contributed by atoms with Crippen molar-refractivity contribution in [3.8, 4) is 0 Å². The number of ether oxygens (including phenoxy) is 1. The molecule has 0 aliphatic rings. The van der Waals surface area contributed by atoms with Gasteiger partial charge in [0.2, 0.25) is 0 Å². The summed E-state index contributed by atoms with van der Waals surface area (Å²) in [7, 11) is 3.42. The highest BCUT2D eigenvalue weighted by Crippen LogP contribution is 2.30. The van der Waals surface area contributed by atoms with Crippen LogP contribution in [0.3, 0.4) is 0 Å². The number of likely N-dealkylation sites (N-methyl/N-ethyl adjacent to an activating group) is 1. The van der Waals surface area contributed by atoms with Crippen LogP contribution in [0.15, 0.2) is 24.3 Å². The average Bonchev–Trinajstić information content (AvgIpc) is 2.38. The average molecular weight is 291 g/mol. The van der Waals surface area contributed by atoms with Gasteiger partial charge in [0.15, 0.2) is 0 Å². The number of hydrogen-bond donors (Lipinski definition) is 1. The number of alkyl halides is 3. The number of aliphatic hydroxyl groups excluding tert-OH is 1. The molecule has 0 spiro atoms. The molecule has 0 amide bonds. The monoisotopic (exact) mass is 291 g/mol. The molecule has 1 aromatic rings. The molecule has 20 heavy (non-hydrogen) atoms. The maximum Gasteiger partial charge on any atom is 0.416 e. The van der Waals surface area contributed by atoms with Gasteiger partial charge in [0.05, 0.1) is 11.7 Å². The van der Waals surface area contributed by atoms with Crippen LogP contribution in [-0.4, -0.2) is 43.9 Å². The van der Waals surface area contributed by atoms with E-state index in [1.165, 1.54) is 12.1 Å². The van der Waals surface area contributed by atoms with Gasteiger partial charge >= 0.3 is 6.18 Å². The number of nitrogens with zero attached hydrogens (tertiary/aromatic N) is 1. The standard InChI is InChI=1S/C14H20F3NO2/c1-18(7-4-8-20-2)10-13(19)11-5-3-6-12(9-11)14(15,16)17/h3,5-6,9,13,19H,4,7-8,10H2,1-2H3/t13-/m1/s1. The van der Waals surface area contributed by atoms with Crippen LogP contribution in [0, 0.1) is 0 Å². The normalized spacial score (nSPS) is 13.8. The first kappa shape index (κ1) is 16.9. The van der Waals surface area contributed by atoms with Crippen LogP contribution in [0.5, 0.6) is 0 Å². The highest BCUT2D eigenvalue weighted by molar-refractivity contribution is 5.27. The summed E-state index contributed by atoms with van der Waals surface area (Å²) in [5.41, 5.74) is -0.463. The van der Waals surface area contributed by atoms with E-state index in [1.54, 1.807) is 7.11 Å². The van der Waals surface area contributed by atoms with Crippen LogP contribution >= 0.6 is 0 Å². The molecule has 1 rings (SSSR count). The summed E-state index contributed by atoms with van der Waals surface area (Å²) in [6, 6.07) is 4.81. The summed E-state index contributed by atoms with van der Waals surface area (Å²) in [5.74, 6) is 0. The zero-order valence-corrected chi connectivity index (χ0v) is 11.7. The second-order valence-electron chi connectivity index (χ2n) is 4.75. The predicted octanol–water partition coefficient (Wildman–Crippen LogP) is 2.71. The largest absolute Gasteiger partial charge is 0.416 e. The van der Waals surface area contributed by atoms with Gasteiger partial charge in [-0.05, 0) is 31.2 Å². The van der Waals surface area contributed by atoms with E-state index in [2.05, 4.69) is 0 Å². The molecule has 114 valence electrons. The van der Waals surface area contributed by atoms with Gasteiger partial charge in [-0.15, -0.1) is 0 Å². The molecule has 0 saturated carbocycles. The lowest BCUT2D eigenvalue weighted by Gasteiger charge is -2.21. The van der Waals surface area contributed by atoms with Gasteiger partial charge in [-0.1, -0.05) is 12.1 Å². The van der Waals surface area contributed by atoms with Crippen LogP contribution < -0.4 is 0 Å². The molecule has 1 N–H and O–H groups in total. The summed E-state index contributed by atoms with van der Waals surface area (Å²) in [6.45, 7) is 1.61. The lowest BCUT2D eigenvalue weighted by Crippen LogP contribution is -2.26. The number of halogens is 3. The molecule has 6 heteroatoms. The second kappa shape index (κ2) is 7.61. The van der Waals surface area contributed by atoms with E-state index in [0.29, 0.717) is 13.2 Å². The molecular formula is C14H20F3NO2. The fraction of sp³-hybridized carbons (Fsp3) is 0.571. The highest BCUT2D eigenvalue weighted by atomic mass is 19.4. The smallest absolute Gasteiger partial charge is 0.387 e. The first-order chi connectivity index (χ1) is 9.34. The molecule has 1 atom stereocenters. The van der Waals surface area contributed by atoms with Gasteiger partial charge in [0.25, 0.3) is 0 Å². The summed E-state index contributed by atoms with van der Waals surface area (Å²) in [5, 5.41) is 10.00. The molecule has 0 aromatic heterocycles. The van der Waals surface area contributed by atoms with Crippen LogP contribution in [-0.2, 0) is 10.9 Å². The van der Waals surface area contributed by atoms with Crippen molar-refractivity contribution in [2.45, 2.75) is 18.7 Å². The van der Waals surface area contributed by atoms with Crippen LogP contribution in [0.1, 0.15) is 23.7 Å². The van der Waals surface area contributed by atoms with Crippen molar-refractivity contribution in [2.24, 2.45) is 0 Å². The van der Waals surface area contributed by atoms with E-state index < -0.39 is 17.8 Å². The minimum atomic E-state index is -4.39. The Morgan fingerprint density at radius 1 is 1.35 bits per heavy atom. The predicted molar refractivity (Wildman–Crippen MR) is 70.4 cm³/mol. The van der Waals surface area contributed by atoms with Gasteiger partial charge in [-0.25, -0.2) is 0 Å². The summed E-state index contributed by atoms with van der Waals surface area (Å²) in [4.78, 5) is 1.87. The van der Waals surface area contributed by atoms with Crippen LogP contribution in [0.25, 0.3) is 0 Å². The minimum Gasteiger partial charge on any atom is -0.387 e. The molecule has 0 bridgehead atoms. The van der Waals surface area contributed by atoms with E-state index >= 15 is 0 Å². The maximum atomic E-state index is 12.6. The topological polar surface area (TPSA) is 32.7 Å². The summed E-state index contributed by atoms with van der Waals surface area (Å²) in [6.07, 6.45) is -4.52. The number of rotatable bonds is 7. The first-order valence-corrected chi connectivity index (χ1v) is 6.37. The summed E-state index contributed by atoms with van der Waals surface area (Å²) >= 11 is 0. The molecule has 3 nitrogen and oxygen atoms in total. The fourth-order valence-electron chi connectivity index (χ4n) is 1.89. The second-order valence-corrected chi connectivity index (χ2v) is 4.75. The molecule has 0 heterocycles.